The summed E-state index contributed by atoms with van der Waals surface area (Å²) in [6.07, 6.45) is -1.34. The summed E-state index contributed by atoms with van der Waals surface area (Å²) >= 11 is 0. The zero-order valence-electron chi connectivity index (χ0n) is 15.5. The minimum atomic E-state index is -4.46. The quantitative estimate of drug-likeness (QED) is 0.764. The van der Waals surface area contributed by atoms with Crippen LogP contribution in [-0.4, -0.2) is 52.2 Å². The summed E-state index contributed by atoms with van der Waals surface area (Å²) in [6.45, 7) is 0.983. The summed E-state index contributed by atoms with van der Waals surface area (Å²) in [7, 11) is 0. The SMILES string of the molecule is O=c1cc(N2CC3CCC(C2)O3)nc2n1CC[C@@H](C(F)(F)F)N2Cc1ccon1. The van der Waals surface area contributed by atoms with Crippen molar-refractivity contribution in [3.05, 3.63) is 34.4 Å². The van der Waals surface area contributed by atoms with Gasteiger partial charge in [0.05, 0.1) is 18.8 Å². The molecule has 5 rings (SSSR count). The number of anilines is 2. The van der Waals surface area contributed by atoms with Crippen molar-refractivity contribution in [3.63, 3.8) is 0 Å². The maximum absolute atomic E-state index is 13.8. The third-order valence-electron chi connectivity index (χ3n) is 5.80. The molecule has 2 fully saturated rings. The van der Waals surface area contributed by atoms with Crippen LogP contribution in [-0.2, 0) is 17.8 Å². The Hall–Kier alpha value is -2.56. The molecule has 2 saturated heterocycles. The molecular formula is C18H20F3N5O3. The van der Waals surface area contributed by atoms with Crippen molar-refractivity contribution < 1.29 is 22.4 Å². The molecule has 3 atom stereocenters. The highest BCUT2D eigenvalue weighted by Gasteiger charge is 2.47. The molecule has 8 nitrogen and oxygen atoms in total. The Morgan fingerprint density at radius 2 is 1.93 bits per heavy atom. The summed E-state index contributed by atoms with van der Waals surface area (Å²) < 4.78 is 53.1. The lowest BCUT2D eigenvalue weighted by Crippen LogP contribution is -2.52. The average molecular weight is 411 g/mol. The first-order valence-electron chi connectivity index (χ1n) is 9.63. The minimum Gasteiger partial charge on any atom is -0.371 e. The lowest BCUT2D eigenvalue weighted by Gasteiger charge is -2.39. The van der Waals surface area contributed by atoms with Crippen molar-refractivity contribution in [2.24, 2.45) is 0 Å². The van der Waals surface area contributed by atoms with Crippen molar-refractivity contribution in [2.75, 3.05) is 22.9 Å². The first-order valence-corrected chi connectivity index (χ1v) is 9.63. The molecule has 0 aromatic carbocycles. The highest BCUT2D eigenvalue weighted by atomic mass is 19.4. The van der Waals surface area contributed by atoms with Crippen molar-refractivity contribution in [2.45, 2.75) is 56.8 Å². The lowest BCUT2D eigenvalue weighted by molar-refractivity contribution is -0.153. The molecule has 0 saturated carbocycles. The van der Waals surface area contributed by atoms with Crippen molar-refractivity contribution in [3.8, 4) is 0 Å². The van der Waals surface area contributed by atoms with Gasteiger partial charge in [0.15, 0.2) is 0 Å². The second kappa shape index (κ2) is 6.75. The molecule has 2 unspecified atom stereocenters. The van der Waals surface area contributed by atoms with Crippen LogP contribution in [0.25, 0.3) is 0 Å². The van der Waals surface area contributed by atoms with Crippen LogP contribution in [0.2, 0.25) is 0 Å². The van der Waals surface area contributed by atoms with Gasteiger partial charge in [-0.15, -0.1) is 0 Å². The Kier molecular flexibility index (Phi) is 4.30. The fraction of sp³-hybridized carbons (Fsp3) is 0.611. The summed E-state index contributed by atoms with van der Waals surface area (Å²) in [4.78, 5) is 20.3. The first-order chi connectivity index (χ1) is 13.9. The number of morpholine rings is 1. The van der Waals surface area contributed by atoms with E-state index in [0.717, 1.165) is 17.7 Å². The van der Waals surface area contributed by atoms with Gasteiger partial charge in [0.1, 0.15) is 23.8 Å². The molecule has 2 aromatic heterocycles. The Bertz CT molecular complexity index is 933. The van der Waals surface area contributed by atoms with Crippen molar-refractivity contribution in [1.82, 2.24) is 14.7 Å². The Balaban J connectivity index is 1.55. The second-order valence-electron chi connectivity index (χ2n) is 7.73. The smallest absolute Gasteiger partial charge is 0.371 e. The first kappa shape index (κ1) is 18.5. The van der Waals surface area contributed by atoms with E-state index in [0.29, 0.717) is 24.6 Å². The molecular weight excluding hydrogens is 391 g/mol. The maximum Gasteiger partial charge on any atom is 0.408 e. The van der Waals surface area contributed by atoms with Gasteiger partial charge < -0.3 is 19.1 Å². The fourth-order valence-corrected chi connectivity index (χ4v) is 4.44. The van der Waals surface area contributed by atoms with E-state index in [1.54, 1.807) is 0 Å². The molecule has 3 aliphatic rings. The Morgan fingerprint density at radius 3 is 2.59 bits per heavy atom. The van der Waals surface area contributed by atoms with E-state index in [1.807, 2.05) is 4.90 Å². The number of halogens is 3. The number of ether oxygens (including phenoxy) is 1. The molecule has 3 aliphatic heterocycles. The molecule has 0 aliphatic carbocycles. The van der Waals surface area contributed by atoms with E-state index in [-0.39, 0.29) is 43.2 Å². The predicted octanol–water partition coefficient (Wildman–Crippen LogP) is 1.94. The van der Waals surface area contributed by atoms with Gasteiger partial charge in [0, 0.05) is 31.8 Å². The third kappa shape index (κ3) is 3.37. The zero-order valence-corrected chi connectivity index (χ0v) is 15.5. The summed E-state index contributed by atoms with van der Waals surface area (Å²) in [5.74, 6) is 0.414. The fourth-order valence-electron chi connectivity index (χ4n) is 4.44. The van der Waals surface area contributed by atoms with Crippen LogP contribution in [0.1, 0.15) is 25.0 Å². The van der Waals surface area contributed by atoms with Gasteiger partial charge in [-0.2, -0.15) is 18.2 Å². The maximum atomic E-state index is 13.8. The van der Waals surface area contributed by atoms with E-state index in [4.69, 9.17) is 9.26 Å². The molecule has 0 N–H and O–H groups in total. The molecule has 0 radical (unpaired) electrons. The highest BCUT2D eigenvalue weighted by Crippen LogP contribution is 2.36. The minimum absolute atomic E-state index is 0.0166. The van der Waals surface area contributed by atoms with Gasteiger partial charge in [-0.25, -0.2) is 0 Å². The normalized spacial score (nSPS) is 26.7. The standard InChI is InChI=1S/C18H20F3N5O3/c19-18(20,21)14-3-5-25-16(27)7-15(24-9-12-1-2-13(10-24)29-12)22-17(25)26(14)8-11-4-6-28-23-11/h4,6-7,12-14H,1-3,5,8-10H2/t12?,13?,14-/m0/s1. The van der Waals surface area contributed by atoms with Gasteiger partial charge in [0.25, 0.3) is 5.56 Å². The topological polar surface area (TPSA) is 76.6 Å². The van der Waals surface area contributed by atoms with Gasteiger partial charge in [-0.1, -0.05) is 5.16 Å². The number of alkyl halides is 3. The van der Waals surface area contributed by atoms with Crippen LogP contribution in [0, 0.1) is 0 Å². The van der Waals surface area contributed by atoms with E-state index < -0.39 is 12.2 Å². The number of hydrogen-bond acceptors (Lipinski definition) is 7. The molecule has 11 heteroatoms. The number of hydrogen-bond donors (Lipinski definition) is 0. The molecule has 0 amide bonds. The van der Waals surface area contributed by atoms with Gasteiger partial charge in [-0.05, 0) is 19.3 Å². The summed E-state index contributed by atoms with van der Waals surface area (Å²) in [5.41, 5.74) is -0.00798. The van der Waals surface area contributed by atoms with Crippen LogP contribution >= 0.6 is 0 Å². The van der Waals surface area contributed by atoms with Crippen LogP contribution in [0.4, 0.5) is 24.9 Å². The van der Waals surface area contributed by atoms with Crippen LogP contribution in [0.3, 0.4) is 0 Å². The molecule has 156 valence electrons. The van der Waals surface area contributed by atoms with E-state index in [9.17, 15) is 18.0 Å². The largest absolute Gasteiger partial charge is 0.408 e. The number of fused-ring (bicyclic) bond motifs is 3. The molecule has 2 aromatic rings. The van der Waals surface area contributed by atoms with Gasteiger partial charge >= 0.3 is 6.18 Å². The number of aromatic nitrogens is 3. The predicted molar refractivity (Wildman–Crippen MR) is 95.8 cm³/mol. The van der Waals surface area contributed by atoms with E-state index in [1.165, 1.54) is 23.0 Å². The lowest BCUT2D eigenvalue weighted by atomic mass is 10.1. The third-order valence-corrected chi connectivity index (χ3v) is 5.80. The van der Waals surface area contributed by atoms with Crippen LogP contribution in [0.15, 0.2) is 27.7 Å². The molecule has 2 bridgehead atoms. The Morgan fingerprint density at radius 1 is 1.17 bits per heavy atom. The average Bonchev–Trinajstić information content (AvgIpc) is 3.30. The van der Waals surface area contributed by atoms with Crippen LogP contribution in [0.5, 0.6) is 0 Å². The van der Waals surface area contributed by atoms with E-state index in [2.05, 4.69) is 10.1 Å². The zero-order chi connectivity index (χ0) is 20.2. The van der Waals surface area contributed by atoms with Gasteiger partial charge in [0.2, 0.25) is 5.95 Å². The van der Waals surface area contributed by atoms with Crippen LogP contribution < -0.4 is 15.4 Å². The monoisotopic (exact) mass is 411 g/mol. The highest BCUT2D eigenvalue weighted by molar-refractivity contribution is 5.47. The van der Waals surface area contributed by atoms with E-state index >= 15 is 0 Å². The van der Waals surface area contributed by atoms with Crippen molar-refractivity contribution in [1.29, 1.82) is 0 Å². The molecule has 5 heterocycles. The van der Waals surface area contributed by atoms with Crippen molar-refractivity contribution >= 4 is 11.8 Å². The Labute approximate surface area is 163 Å². The summed E-state index contributed by atoms with van der Waals surface area (Å²) in [5, 5.41) is 3.74. The summed E-state index contributed by atoms with van der Waals surface area (Å²) in [6, 6.07) is 1.17. The second-order valence-corrected chi connectivity index (χ2v) is 7.73. The number of nitrogens with zero attached hydrogens (tertiary/aromatic N) is 5. The number of rotatable bonds is 3. The van der Waals surface area contributed by atoms with Gasteiger partial charge in [-0.3, -0.25) is 9.36 Å². The molecule has 0 spiro atoms. The molecule has 29 heavy (non-hydrogen) atoms.